The smallest absolute Gasteiger partial charge is 0.119 e. The van der Waals surface area contributed by atoms with Gasteiger partial charge in [-0.05, 0) is 49.0 Å². The van der Waals surface area contributed by atoms with Gasteiger partial charge in [0.25, 0.3) is 0 Å². The number of fused-ring (bicyclic) bond motifs is 1. The number of hydrogen-bond donors (Lipinski definition) is 0. The monoisotopic (exact) mass is 259 g/mol. The molecule has 104 valence electrons. The van der Waals surface area contributed by atoms with E-state index in [1.165, 1.54) is 16.3 Å². The van der Waals surface area contributed by atoms with Crippen LogP contribution in [-0.4, -0.2) is 32.6 Å². The Morgan fingerprint density at radius 2 is 1.79 bits per heavy atom. The topological polar surface area (TPSA) is 12.5 Å². The van der Waals surface area contributed by atoms with Gasteiger partial charge in [0.15, 0.2) is 0 Å². The summed E-state index contributed by atoms with van der Waals surface area (Å²) < 4.78 is 5.25. The molecule has 0 radical (unpaired) electrons. The first kappa shape index (κ1) is 15.5. The maximum Gasteiger partial charge on any atom is 0.119 e. The number of hydrogen-bond acceptors (Lipinski definition) is 2. The zero-order valence-electron chi connectivity index (χ0n) is 12.7. The lowest BCUT2D eigenvalue weighted by Crippen LogP contribution is -2.15. The Morgan fingerprint density at radius 3 is 2.42 bits per heavy atom. The highest BCUT2D eigenvalue weighted by Crippen LogP contribution is 2.24. The van der Waals surface area contributed by atoms with Crippen molar-refractivity contribution < 1.29 is 4.74 Å². The van der Waals surface area contributed by atoms with E-state index in [2.05, 4.69) is 49.3 Å². The van der Waals surface area contributed by atoms with Crippen molar-refractivity contribution in [2.45, 2.75) is 20.3 Å². The molecule has 0 bridgehead atoms. The van der Waals surface area contributed by atoms with Gasteiger partial charge < -0.3 is 9.64 Å². The molecule has 2 rings (SSSR count). The molecule has 2 heteroatoms. The molecular weight excluding hydrogens is 234 g/mol. The van der Waals surface area contributed by atoms with Gasteiger partial charge in [0.1, 0.15) is 5.75 Å². The molecule has 0 heterocycles. The minimum Gasteiger partial charge on any atom is -0.497 e. The second-order valence-corrected chi connectivity index (χ2v) is 4.56. The van der Waals surface area contributed by atoms with Gasteiger partial charge in [0.2, 0.25) is 0 Å². The average molecular weight is 259 g/mol. The molecule has 2 nitrogen and oxygen atoms in total. The largest absolute Gasteiger partial charge is 0.497 e. The van der Waals surface area contributed by atoms with Crippen LogP contribution in [0.25, 0.3) is 10.8 Å². The lowest BCUT2D eigenvalue weighted by Gasteiger charge is -2.11. The summed E-state index contributed by atoms with van der Waals surface area (Å²) in [5.41, 5.74) is 1.40. The van der Waals surface area contributed by atoms with E-state index in [0.29, 0.717) is 0 Å². The molecule has 0 N–H and O–H groups in total. The van der Waals surface area contributed by atoms with Gasteiger partial charge in [0.05, 0.1) is 7.11 Å². The van der Waals surface area contributed by atoms with Gasteiger partial charge in [-0.25, -0.2) is 0 Å². The summed E-state index contributed by atoms with van der Waals surface area (Å²) in [6.45, 7) is 5.07. The van der Waals surface area contributed by atoms with Crippen molar-refractivity contribution in [3.05, 3.63) is 42.0 Å². The van der Waals surface area contributed by atoms with Crippen LogP contribution >= 0.6 is 0 Å². The maximum atomic E-state index is 5.25. The van der Waals surface area contributed by atoms with Gasteiger partial charge in [-0.2, -0.15) is 0 Å². The van der Waals surface area contributed by atoms with Gasteiger partial charge in [-0.1, -0.05) is 38.1 Å². The van der Waals surface area contributed by atoms with Crippen LogP contribution < -0.4 is 4.74 Å². The third-order valence-corrected chi connectivity index (χ3v) is 3.01. The van der Waals surface area contributed by atoms with E-state index in [4.69, 9.17) is 4.74 Å². The zero-order chi connectivity index (χ0) is 14.3. The first-order valence-corrected chi connectivity index (χ1v) is 6.91. The van der Waals surface area contributed by atoms with E-state index in [1.54, 1.807) is 7.11 Å². The molecule has 0 aliphatic heterocycles. The zero-order valence-corrected chi connectivity index (χ0v) is 12.7. The van der Waals surface area contributed by atoms with Crippen molar-refractivity contribution in [3.8, 4) is 5.75 Å². The fraction of sp³-hybridized carbons (Fsp3) is 0.412. The van der Waals surface area contributed by atoms with Crippen LogP contribution in [0.2, 0.25) is 0 Å². The Morgan fingerprint density at radius 1 is 1.05 bits per heavy atom. The van der Waals surface area contributed by atoms with Crippen molar-refractivity contribution >= 4 is 10.8 Å². The van der Waals surface area contributed by atoms with Crippen molar-refractivity contribution in [2.75, 3.05) is 27.7 Å². The molecule has 0 saturated carbocycles. The summed E-state index contributed by atoms with van der Waals surface area (Å²) in [5.74, 6) is 0.919. The highest BCUT2D eigenvalue weighted by atomic mass is 16.5. The molecule has 0 aliphatic carbocycles. The van der Waals surface area contributed by atoms with Crippen LogP contribution in [-0.2, 0) is 6.42 Å². The van der Waals surface area contributed by atoms with Crippen LogP contribution in [0, 0.1) is 0 Å². The predicted molar refractivity (Wildman–Crippen MR) is 84.1 cm³/mol. The Bertz CT molecular complexity index is 506. The third kappa shape index (κ3) is 4.25. The molecule has 2 aromatic rings. The first-order valence-electron chi connectivity index (χ1n) is 6.91. The van der Waals surface area contributed by atoms with E-state index in [1.807, 2.05) is 19.9 Å². The normalized spacial score (nSPS) is 10.2. The molecule has 0 amide bonds. The van der Waals surface area contributed by atoms with E-state index < -0.39 is 0 Å². The minimum absolute atomic E-state index is 0.919. The minimum atomic E-state index is 0.919. The first-order chi connectivity index (χ1) is 9.20. The number of rotatable bonds is 4. The molecule has 0 atom stereocenters. The number of nitrogens with zero attached hydrogens (tertiary/aromatic N) is 1. The molecule has 0 spiro atoms. The fourth-order valence-corrected chi connectivity index (χ4v) is 2.02. The second kappa shape index (κ2) is 7.80. The van der Waals surface area contributed by atoms with Crippen molar-refractivity contribution in [1.29, 1.82) is 0 Å². The van der Waals surface area contributed by atoms with Gasteiger partial charge in [0, 0.05) is 6.54 Å². The van der Waals surface area contributed by atoms with E-state index in [-0.39, 0.29) is 0 Å². The van der Waals surface area contributed by atoms with Crippen LogP contribution in [0.5, 0.6) is 5.75 Å². The summed E-state index contributed by atoms with van der Waals surface area (Å²) in [6, 6.07) is 12.7. The molecular formula is C17H25NO. The number of methoxy groups -OCH3 is 1. The molecule has 0 unspecified atom stereocenters. The van der Waals surface area contributed by atoms with Crippen LogP contribution in [0.3, 0.4) is 0 Å². The fourth-order valence-electron chi connectivity index (χ4n) is 2.02. The van der Waals surface area contributed by atoms with Crippen molar-refractivity contribution in [2.24, 2.45) is 0 Å². The molecule has 2 aromatic carbocycles. The standard InChI is InChI=1S/C15H19NO.C2H6/c1-16(2)10-9-12-5-4-6-13-11-14(17-3)7-8-15(12)13;1-2/h4-8,11H,9-10H2,1-3H3;1-2H3. The van der Waals surface area contributed by atoms with E-state index in [0.717, 1.165) is 18.7 Å². The summed E-state index contributed by atoms with van der Waals surface area (Å²) in [6.07, 6.45) is 1.08. The maximum absolute atomic E-state index is 5.25. The van der Waals surface area contributed by atoms with Gasteiger partial charge >= 0.3 is 0 Å². The Kier molecular flexibility index (Phi) is 6.37. The van der Waals surface area contributed by atoms with Crippen LogP contribution in [0.1, 0.15) is 19.4 Å². The van der Waals surface area contributed by atoms with Crippen molar-refractivity contribution in [3.63, 3.8) is 0 Å². The Labute approximate surface area is 117 Å². The van der Waals surface area contributed by atoms with E-state index >= 15 is 0 Å². The third-order valence-electron chi connectivity index (χ3n) is 3.01. The molecule has 0 aromatic heterocycles. The molecule has 0 saturated heterocycles. The van der Waals surface area contributed by atoms with E-state index in [9.17, 15) is 0 Å². The lowest BCUT2D eigenvalue weighted by atomic mass is 10.0. The molecule has 0 fully saturated rings. The van der Waals surface area contributed by atoms with Crippen LogP contribution in [0.4, 0.5) is 0 Å². The molecule has 0 aliphatic rings. The Balaban J connectivity index is 0.000000861. The van der Waals surface area contributed by atoms with Gasteiger partial charge in [-0.15, -0.1) is 0 Å². The quantitative estimate of drug-likeness (QED) is 0.823. The molecule has 19 heavy (non-hydrogen) atoms. The summed E-state index contributed by atoms with van der Waals surface area (Å²) in [4.78, 5) is 2.21. The SMILES string of the molecule is CC.COc1ccc2c(CCN(C)C)cccc2c1. The number of benzene rings is 2. The van der Waals surface area contributed by atoms with Crippen LogP contribution in [0.15, 0.2) is 36.4 Å². The number of likely N-dealkylation sites (N-methyl/N-ethyl adjacent to an activating group) is 1. The highest BCUT2D eigenvalue weighted by molar-refractivity contribution is 5.87. The Hall–Kier alpha value is -1.54. The summed E-state index contributed by atoms with van der Waals surface area (Å²) >= 11 is 0. The number of ether oxygens (including phenoxy) is 1. The lowest BCUT2D eigenvalue weighted by molar-refractivity contribution is 0.414. The van der Waals surface area contributed by atoms with Gasteiger partial charge in [-0.3, -0.25) is 0 Å². The highest BCUT2D eigenvalue weighted by Gasteiger charge is 2.02. The second-order valence-electron chi connectivity index (χ2n) is 4.56. The predicted octanol–water partition coefficient (Wildman–Crippen LogP) is 3.98. The van der Waals surface area contributed by atoms with Crippen molar-refractivity contribution in [1.82, 2.24) is 4.90 Å². The average Bonchev–Trinajstić information content (AvgIpc) is 2.46. The summed E-state index contributed by atoms with van der Waals surface area (Å²) in [7, 11) is 5.92. The summed E-state index contributed by atoms with van der Waals surface area (Å²) in [5, 5.41) is 2.58.